The number of aryl methyl sites for hydroxylation is 2. The predicted octanol–water partition coefficient (Wildman–Crippen LogP) is 5.55. The normalized spacial score (nSPS) is 12.0. The second-order valence-corrected chi connectivity index (χ2v) is 9.78. The molecule has 202 valence electrons. The van der Waals surface area contributed by atoms with Gasteiger partial charge in [-0.05, 0) is 17.0 Å². The molecular weight excluding hydrogens is 505 g/mol. The van der Waals surface area contributed by atoms with Gasteiger partial charge < -0.3 is 14.5 Å². The van der Waals surface area contributed by atoms with Crippen molar-refractivity contribution in [2.24, 2.45) is 14.1 Å². The van der Waals surface area contributed by atoms with Gasteiger partial charge >= 0.3 is 6.18 Å². The molecule has 0 aliphatic rings. The summed E-state index contributed by atoms with van der Waals surface area (Å²) >= 11 is 0. The first-order chi connectivity index (χ1) is 18.5. The Labute approximate surface area is 223 Å². The summed E-state index contributed by atoms with van der Waals surface area (Å²) in [6, 6.07) is 15.2. The Bertz CT molecular complexity index is 1720. The van der Waals surface area contributed by atoms with Gasteiger partial charge in [-0.25, -0.2) is 15.0 Å². The Kier molecular flexibility index (Phi) is 6.53. The zero-order chi connectivity index (χ0) is 28.1. The van der Waals surface area contributed by atoms with Crippen molar-refractivity contribution < 1.29 is 13.2 Å². The van der Waals surface area contributed by atoms with Crippen LogP contribution in [-0.2, 0) is 26.8 Å². The van der Waals surface area contributed by atoms with Crippen LogP contribution < -0.4 is 10.9 Å². The zero-order valence-corrected chi connectivity index (χ0v) is 22.3. The Morgan fingerprint density at radius 2 is 1.67 bits per heavy atom. The number of nitrogens with one attached hydrogen (secondary N) is 2. The molecule has 8 nitrogen and oxygen atoms in total. The first-order valence-corrected chi connectivity index (χ1v) is 12.5. The number of hydrogen-bond donors (Lipinski definition) is 2. The fourth-order valence-electron chi connectivity index (χ4n) is 4.79. The average Bonchev–Trinajstić information content (AvgIpc) is 3.42. The molecule has 0 fully saturated rings. The Hall–Kier alpha value is -4.41. The highest BCUT2D eigenvalue weighted by molar-refractivity contribution is 5.86. The largest absolute Gasteiger partial charge is 0.434 e. The lowest BCUT2D eigenvalue weighted by molar-refractivity contribution is -0.140. The monoisotopic (exact) mass is 534 g/mol. The second-order valence-electron chi connectivity index (χ2n) is 9.78. The number of alkyl halides is 3. The van der Waals surface area contributed by atoms with Gasteiger partial charge in [-0.15, -0.1) is 0 Å². The first-order valence-electron chi connectivity index (χ1n) is 12.5. The van der Waals surface area contributed by atoms with Crippen LogP contribution in [0.3, 0.4) is 0 Å². The SMILES string of the molecule is CNc1nc(-c2ccccc2C(C)C)nc2c1n(C)c(=N)n2Cc1ccc(-c2nc(C(F)(F)F)cn2C)cc1. The highest BCUT2D eigenvalue weighted by atomic mass is 19.4. The van der Waals surface area contributed by atoms with E-state index >= 15 is 0 Å². The van der Waals surface area contributed by atoms with E-state index < -0.39 is 11.9 Å². The van der Waals surface area contributed by atoms with E-state index in [9.17, 15) is 13.2 Å². The number of anilines is 1. The van der Waals surface area contributed by atoms with Crippen molar-refractivity contribution in [3.63, 3.8) is 0 Å². The van der Waals surface area contributed by atoms with Gasteiger partial charge in [0.15, 0.2) is 23.0 Å². The molecule has 0 saturated carbocycles. The topological polar surface area (TPSA) is 89.3 Å². The minimum Gasteiger partial charge on any atom is -0.371 e. The molecule has 0 unspecified atom stereocenters. The zero-order valence-electron chi connectivity index (χ0n) is 22.3. The number of halogens is 3. The Morgan fingerprint density at radius 1 is 0.974 bits per heavy atom. The molecule has 2 aromatic carbocycles. The third-order valence-corrected chi connectivity index (χ3v) is 6.81. The number of aromatic nitrogens is 6. The second kappa shape index (κ2) is 9.72. The van der Waals surface area contributed by atoms with Crippen molar-refractivity contribution in [1.29, 1.82) is 5.41 Å². The van der Waals surface area contributed by atoms with Gasteiger partial charge in [0.05, 0.1) is 6.54 Å². The molecule has 0 radical (unpaired) electrons. The van der Waals surface area contributed by atoms with Crippen LogP contribution in [0.15, 0.2) is 54.7 Å². The maximum Gasteiger partial charge on any atom is 0.434 e. The highest BCUT2D eigenvalue weighted by Gasteiger charge is 2.34. The minimum atomic E-state index is -4.51. The molecule has 0 bridgehead atoms. The van der Waals surface area contributed by atoms with E-state index in [1.54, 1.807) is 35.4 Å². The van der Waals surface area contributed by atoms with E-state index in [0.717, 1.165) is 22.9 Å². The van der Waals surface area contributed by atoms with E-state index in [-0.39, 0.29) is 17.4 Å². The van der Waals surface area contributed by atoms with Gasteiger partial charge in [0.1, 0.15) is 11.3 Å². The van der Waals surface area contributed by atoms with Crippen LogP contribution in [0.2, 0.25) is 0 Å². The molecule has 0 aliphatic carbocycles. The van der Waals surface area contributed by atoms with Crippen LogP contribution in [0.1, 0.15) is 36.6 Å². The number of imidazole rings is 2. The van der Waals surface area contributed by atoms with Crippen LogP contribution in [0, 0.1) is 5.41 Å². The van der Waals surface area contributed by atoms with Crippen LogP contribution in [0.5, 0.6) is 0 Å². The van der Waals surface area contributed by atoms with Crippen molar-refractivity contribution in [2.45, 2.75) is 32.5 Å². The van der Waals surface area contributed by atoms with E-state index in [1.165, 1.54) is 11.6 Å². The van der Waals surface area contributed by atoms with Crippen LogP contribution in [0.25, 0.3) is 33.9 Å². The summed E-state index contributed by atoms with van der Waals surface area (Å²) in [5.74, 6) is 1.69. The molecule has 11 heteroatoms. The smallest absolute Gasteiger partial charge is 0.371 e. The lowest BCUT2D eigenvalue weighted by Crippen LogP contribution is -2.23. The van der Waals surface area contributed by atoms with E-state index in [2.05, 4.69) is 30.2 Å². The fourth-order valence-corrected chi connectivity index (χ4v) is 4.79. The van der Waals surface area contributed by atoms with Gasteiger partial charge in [-0.1, -0.05) is 62.4 Å². The van der Waals surface area contributed by atoms with E-state index in [1.807, 2.05) is 30.3 Å². The molecule has 3 aromatic heterocycles. The number of rotatable bonds is 6. The van der Waals surface area contributed by atoms with Gasteiger partial charge in [0.25, 0.3) is 0 Å². The summed E-state index contributed by atoms with van der Waals surface area (Å²) < 4.78 is 44.2. The van der Waals surface area contributed by atoms with E-state index in [0.29, 0.717) is 34.9 Å². The summed E-state index contributed by atoms with van der Waals surface area (Å²) in [6.07, 6.45) is -3.52. The number of benzene rings is 2. The Balaban J connectivity index is 1.57. The summed E-state index contributed by atoms with van der Waals surface area (Å²) in [6.45, 7) is 4.59. The number of nitrogens with zero attached hydrogens (tertiary/aromatic N) is 6. The standard InChI is InChI=1S/C28H29F3N8/c1-16(2)19-8-6-7-9-20(19)23-35-24(33-3)22-26(36-23)39(27(32)38(22)5)14-17-10-12-18(13-11-17)25-34-21(15-37(25)4)28(29,30)31/h6-13,15-16,32H,14H2,1-5H3,(H,33,35,36). The fraction of sp³-hybridized carbons (Fsp3) is 0.286. The molecule has 0 aliphatic heterocycles. The molecule has 0 saturated heterocycles. The molecule has 5 aromatic rings. The summed E-state index contributed by atoms with van der Waals surface area (Å²) in [4.78, 5) is 13.5. The van der Waals surface area contributed by atoms with Crippen molar-refractivity contribution in [1.82, 2.24) is 28.7 Å². The van der Waals surface area contributed by atoms with Gasteiger partial charge in [-0.2, -0.15) is 13.2 Å². The lowest BCUT2D eigenvalue weighted by Gasteiger charge is -2.13. The lowest BCUT2D eigenvalue weighted by atomic mass is 9.97. The van der Waals surface area contributed by atoms with Crippen molar-refractivity contribution in [3.05, 3.63) is 77.2 Å². The molecule has 0 amide bonds. The number of fused-ring (bicyclic) bond motifs is 1. The van der Waals surface area contributed by atoms with Gasteiger partial charge in [0.2, 0.25) is 5.62 Å². The van der Waals surface area contributed by atoms with Crippen LogP contribution in [0.4, 0.5) is 19.0 Å². The minimum absolute atomic E-state index is 0.229. The molecule has 0 spiro atoms. The molecule has 2 N–H and O–H groups in total. The van der Waals surface area contributed by atoms with Gasteiger partial charge in [-0.3, -0.25) is 9.98 Å². The summed E-state index contributed by atoms with van der Waals surface area (Å²) in [5, 5.41) is 12.0. The molecule has 0 atom stereocenters. The molecule has 5 rings (SSSR count). The van der Waals surface area contributed by atoms with E-state index in [4.69, 9.17) is 15.4 Å². The quantitative estimate of drug-likeness (QED) is 0.299. The Morgan fingerprint density at radius 3 is 2.28 bits per heavy atom. The summed E-state index contributed by atoms with van der Waals surface area (Å²) in [7, 11) is 5.13. The van der Waals surface area contributed by atoms with Crippen molar-refractivity contribution >= 4 is 17.0 Å². The first kappa shape index (κ1) is 26.2. The third-order valence-electron chi connectivity index (χ3n) is 6.81. The molecule has 39 heavy (non-hydrogen) atoms. The highest BCUT2D eigenvalue weighted by Crippen LogP contribution is 2.32. The predicted molar refractivity (Wildman–Crippen MR) is 144 cm³/mol. The van der Waals surface area contributed by atoms with Crippen molar-refractivity contribution in [3.8, 4) is 22.8 Å². The summed E-state index contributed by atoms with van der Waals surface area (Å²) in [5.41, 5.74) is 4.13. The molecular formula is C28H29F3N8. The maximum atomic E-state index is 13.1. The van der Waals surface area contributed by atoms with Crippen molar-refractivity contribution in [2.75, 3.05) is 12.4 Å². The van der Waals surface area contributed by atoms with Crippen LogP contribution >= 0.6 is 0 Å². The number of hydrogen-bond acceptors (Lipinski definition) is 5. The third kappa shape index (κ3) is 4.68. The maximum absolute atomic E-state index is 13.1. The molecule has 3 heterocycles. The average molecular weight is 535 g/mol. The van der Waals surface area contributed by atoms with Crippen LogP contribution in [-0.4, -0.2) is 35.7 Å². The van der Waals surface area contributed by atoms with Gasteiger partial charge in [0, 0.05) is 38.5 Å².